The Morgan fingerprint density at radius 1 is 1.00 bits per heavy atom. The van der Waals surface area contributed by atoms with Crippen LogP contribution in [0.3, 0.4) is 0 Å². The largest absolute Gasteiger partial charge is 0.357 e. The minimum Gasteiger partial charge on any atom is -0.357 e. The molecule has 3 N–H and O–H groups in total. The first-order valence-corrected chi connectivity index (χ1v) is 9.48. The smallest absolute Gasteiger partial charge is 0.286 e. The van der Waals surface area contributed by atoms with E-state index in [9.17, 15) is 9.59 Å². The van der Waals surface area contributed by atoms with Crippen molar-refractivity contribution < 1.29 is 9.59 Å². The van der Waals surface area contributed by atoms with Crippen molar-refractivity contribution in [2.75, 3.05) is 0 Å². The number of aromatic amines is 1. The zero-order valence-electron chi connectivity index (χ0n) is 14.8. The van der Waals surface area contributed by atoms with E-state index in [1.807, 2.05) is 47.8 Å². The van der Waals surface area contributed by atoms with E-state index in [2.05, 4.69) is 20.9 Å². The summed E-state index contributed by atoms with van der Waals surface area (Å²) in [7, 11) is 0. The van der Waals surface area contributed by atoms with Crippen molar-refractivity contribution in [1.82, 2.24) is 25.6 Å². The van der Waals surface area contributed by atoms with Crippen LogP contribution in [0.15, 0.2) is 72.4 Å². The van der Waals surface area contributed by atoms with E-state index in [1.54, 1.807) is 29.2 Å². The molecule has 140 valence electrons. The number of rotatable bonds is 5. The molecule has 2 amide bonds. The van der Waals surface area contributed by atoms with Crippen LogP contribution < -0.4 is 10.9 Å². The fraction of sp³-hybridized carbons (Fsp3) is 0.0500. The highest BCUT2D eigenvalue weighted by Gasteiger charge is 2.19. The molecule has 0 atom stereocenters. The minimum atomic E-state index is -0.428. The van der Waals surface area contributed by atoms with Crippen molar-refractivity contribution in [2.24, 2.45) is 0 Å². The van der Waals surface area contributed by atoms with Crippen molar-refractivity contribution in [1.29, 1.82) is 0 Å². The lowest BCUT2D eigenvalue weighted by atomic mass is 10.2. The van der Waals surface area contributed by atoms with Crippen LogP contribution in [-0.4, -0.2) is 26.6 Å². The Bertz CT molecular complexity index is 1070. The van der Waals surface area contributed by atoms with Crippen LogP contribution in [0, 0.1) is 0 Å². The summed E-state index contributed by atoms with van der Waals surface area (Å²) < 4.78 is 1.73. The number of carbonyl (C=O) groups is 2. The van der Waals surface area contributed by atoms with Gasteiger partial charge in [0.25, 0.3) is 11.8 Å². The Morgan fingerprint density at radius 2 is 1.82 bits per heavy atom. The molecular weight excluding hydrogens is 374 g/mol. The molecule has 28 heavy (non-hydrogen) atoms. The lowest BCUT2D eigenvalue weighted by molar-refractivity contribution is 0.0844. The summed E-state index contributed by atoms with van der Waals surface area (Å²) in [4.78, 5) is 28.4. The van der Waals surface area contributed by atoms with Gasteiger partial charge in [0.2, 0.25) is 0 Å². The molecule has 0 saturated heterocycles. The maximum atomic E-state index is 12.7. The molecule has 0 bridgehead atoms. The van der Waals surface area contributed by atoms with Crippen molar-refractivity contribution in [3.8, 4) is 10.6 Å². The predicted octanol–water partition coefficient (Wildman–Crippen LogP) is 3.06. The molecular formula is C20H17N5O2S. The zero-order chi connectivity index (χ0) is 19.3. The number of hydrazine groups is 1. The second-order valence-electron chi connectivity index (χ2n) is 6.04. The van der Waals surface area contributed by atoms with Gasteiger partial charge in [0.15, 0.2) is 0 Å². The van der Waals surface area contributed by atoms with Crippen LogP contribution in [0.4, 0.5) is 0 Å². The molecule has 0 fully saturated rings. The summed E-state index contributed by atoms with van der Waals surface area (Å²) in [6, 6.07) is 17.0. The Balaban J connectivity index is 1.55. The Hall–Kier alpha value is -3.65. The number of nitrogens with zero attached hydrogens (tertiary/aromatic N) is 2. The van der Waals surface area contributed by atoms with Crippen LogP contribution in [0.25, 0.3) is 10.6 Å². The van der Waals surface area contributed by atoms with E-state index >= 15 is 0 Å². The lowest BCUT2D eigenvalue weighted by Crippen LogP contribution is -2.41. The predicted molar refractivity (Wildman–Crippen MR) is 107 cm³/mol. The molecule has 3 heterocycles. The highest BCUT2D eigenvalue weighted by Crippen LogP contribution is 2.26. The molecule has 3 aromatic heterocycles. The second kappa shape index (κ2) is 7.93. The number of amides is 2. The van der Waals surface area contributed by atoms with E-state index < -0.39 is 11.8 Å². The zero-order valence-corrected chi connectivity index (χ0v) is 15.6. The molecule has 0 aliphatic rings. The maximum Gasteiger partial charge on any atom is 0.286 e. The third-order valence-electron chi connectivity index (χ3n) is 4.08. The van der Waals surface area contributed by atoms with Crippen LogP contribution >= 0.6 is 11.3 Å². The Labute approximate surface area is 165 Å². The summed E-state index contributed by atoms with van der Waals surface area (Å²) >= 11 is 1.50. The molecule has 4 rings (SSSR count). The molecule has 0 aliphatic carbocycles. The quantitative estimate of drug-likeness (QED) is 0.457. The molecule has 0 saturated carbocycles. The average molecular weight is 391 g/mol. The average Bonchev–Trinajstić information content (AvgIpc) is 3.47. The van der Waals surface area contributed by atoms with Gasteiger partial charge < -0.3 is 4.98 Å². The van der Waals surface area contributed by atoms with E-state index in [4.69, 9.17) is 0 Å². The van der Waals surface area contributed by atoms with Crippen LogP contribution in [0.5, 0.6) is 0 Å². The first-order valence-electron chi connectivity index (χ1n) is 8.60. The number of hydrogen-bond acceptors (Lipinski definition) is 4. The van der Waals surface area contributed by atoms with Crippen molar-refractivity contribution in [2.45, 2.75) is 6.54 Å². The van der Waals surface area contributed by atoms with Gasteiger partial charge in [0.1, 0.15) is 11.4 Å². The van der Waals surface area contributed by atoms with Gasteiger partial charge in [-0.3, -0.25) is 25.1 Å². The van der Waals surface area contributed by atoms with Gasteiger partial charge in [0.05, 0.1) is 17.0 Å². The lowest BCUT2D eigenvalue weighted by Gasteiger charge is -2.06. The third-order valence-corrected chi connectivity index (χ3v) is 4.96. The summed E-state index contributed by atoms with van der Waals surface area (Å²) in [5.74, 6) is -0.852. The molecule has 0 spiro atoms. The first-order chi connectivity index (χ1) is 13.7. The van der Waals surface area contributed by atoms with Gasteiger partial charge in [-0.1, -0.05) is 36.4 Å². The van der Waals surface area contributed by atoms with Crippen LogP contribution in [0.1, 0.15) is 26.4 Å². The number of aromatic nitrogens is 3. The Morgan fingerprint density at radius 3 is 2.54 bits per heavy atom. The van der Waals surface area contributed by atoms with Crippen LogP contribution in [0.2, 0.25) is 0 Å². The SMILES string of the molecule is O=C(NNC(=O)c1cn(Cc2ccccc2)nc1-c1cccs1)c1ccc[nH]1. The summed E-state index contributed by atoms with van der Waals surface area (Å²) in [6.45, 7) is 0.543. The highest BCUT2D eigenvalue weighted by atomic mass is 32.1. The van der Waals surface area contributed by atoms with E-state index in [0.717, 1.165) is 10.4 Å². The molecule has 4 aromatic rings. The summed E-state index contributed by atoms with van der Waals surface area (Å²) in [6.07, 6.45) is 3.33. The van der Waals surface area contributed by atoms with Gasteiger partial charge in [-0.15, -0.1) is 11.3 Å². The molecule has 0 radical (unpaired) electrons. The van der Waals surface area contributed by atoms with Crippen molar-refractivity contribution in [3.05, 3.63) is 89.2 Å². The summed E-state index contributed by atoms with van der Waals surface area (Å²) in [5.41, 5.74) is 7.28. The van der Waals surface area contributed by atoms with Gasteiger partial charge in [-0.05, 0) is 29.1 Å². The standard InChI is InChI=1S/C20H17N5O2S/c26-19(22-23-20(27)16-8-4-10-21-16)15-13-25(12-14-6-2-1-3-7-14)24-18(15)17-9-5-11-28-17/h1-11,13,21H,12H2,(H,22,26)(H,23,27). The van der Waals surface area contributed by atoms with E-state index in [1.165, 1.54) is 11.3 Å². The van der Waals surface area contributed by atoms with Gasteiger partial charge in [-0.2, -0.15) is 5.10 Å². The number of carbonyl (C=O) groups excluding carboxylic acids is 2. The molecule has 8 heteroatoms. The van der Waals surface area contributed by atoms with Crippen molar-refractivity contribution >= 4 is 23.2 Å². The van der Waals surface area contributed by atoms with Crippen LogP contribution in [-0.2, 0) is 6.54 Å². The van der Waals surface area contributed by atoms with E-state index in [-0.39, 0.29) is 0 Å². The normalized spacial score (nSPS) is 10.6. The number of nitrogens with one attached hydrogen (secondary N) is 3. The fourth-order valence-corrected chi connectivity index (χ4v) is 3.48. The number of thiophene rings is 1. The minimum absolute atomic E-state index is 0.360. The maximum absolute atomic E-state index is 12.7. The number of H-pyrrole nitrogens is 1. The Kier molecular flexibility index (Phi) is 5.03. The van der Waals surface area contributed by atoms with Gasteiger partial charge in [-0.25, -0.2) is 0 Å². The first kappa shape index (κ1) is 17.7. The molecule has 7 nitrogen and oxygen atoms in total. The molecule has 0 aliphatic heterocycles. The van der Waals surface area contributed by atoms with E-state index in [0.29, 0.717) is 23.5 Å². The molecule has 0 unspecified atom stereocenters. The third kappa shape index (κ3) is 3.86. The number of benzene rings is 1. The van der Waals surface area contributed by atoms with Gasteiger partial charge >= 0.3 is 0 Å². The van der Waals surface area contributed by atoms with Crippen molar-refractivity contribution in [3.63, 3.8) is 0 Å². The molecule has 1 aromatic carbocycles. The monoisotopic (exact) mass is 391 g/mol. The second-order valence-corrected chi connectivity index (χ2v) is 6.99. The fourth-order valence-electron chi connectivity index (χ4n) is 2.75. The number of hydrogen-bond donors (Lipinski definition) is 3. The van der Waals surface area contributed by atoms with Gasteiger partial charge in [0, 0.05) is 12.4 Å². The topological polar surface area (TPSA) is 91.8 Å². The summed E-state index contributed by atoms with van der Waals surface area (Å²) in [5, 5.41) is 6.52. The highest BCUT2D eigenvalue weighted by molar-refractivity contribution is 7.13.